The molecule has 2 aromatic rings. The van der Waals surface area contributed by atoms with Gasteiger partial charge in [-0.05, 0) is 30.2 Å². The van der Waals surface area contributed by atoms with Crippen molar-refractivity contribution in [1.29, 1.82) is 5.26 Å². The molecular formula is C19H22N2O2. The molecule has 0 saturated carbocycles. The van der Waals surface area contributed by atoms with E-state index in [2.05, 4.69) is 23.1 Å². The molecule has 0 bridgehead atoms. The molecule has 4 nitrogen and oxygen atoms in total. The van der Waals surface area contributed by atoms with Gasteiger partial charge in [0.1, 0.15) is 11.5 Å². The second-order valence-corrected chi connectivity index (χ2v) is 5.16. The van der Waals surface area contributed by atoms with E-state index in [1.54, 1.807) is 14.2 Å². The number of benzene rings is 2. The minimum atomic E-state index is 0.509. The quantitative estimate of drug-likeness (QED) is 0.746. The van der Waals surface area contributed by atoms with Gasteiger partial charge in [0.25, 0.3) is 0 Å². The molecule has 0 atom stereocenters. The highest BCUT2D eigenvalue weighted by atomic mass is 16.5. The number of anilines is 1. The predicted molar refractivity (Wildman–Crippen MR) is 92.1 cm³/mol. The number of nitrogens with zero attached hydrogens (tertiary/aromatic N) is 2. The first-order chi connectivity index (χ1) is 11.3. The maximum Gasteiger partial charge on any atom is 0.125 e. The summed E-state index contributed by atoms with van der Waals surface area (Å²) in [5, 5.41) is 8.88. The average Bonchev–Trinajstić information content (AvgIpc) is 2.62. The van der Waals surface area contributed by atoms with Crippen LogP contribution in [0.2, 0.25) is 0 Å². The van der Waals surface area contributed by atoms with Crippen LogP contribution in [0.5, 0.6) is 11.5 Å². The van der Waals surface area contributed by atoms with Gasteiger partial charge in [-0.3, -0.25) is 0 Å². The van der Waals surface area contributed by atoms with Crippen molar-refractivity contribution in [3.8, 4) is 17.6 Å². The highest BCUT2D eigenvalue weighted by Crippen LogP contribution is 2.25. The molecule has 120 valence electrons. The number of ether oxygens (including phenoxy) is 2. The summed E-state index contributed by atoms with van der Waals surface area (Å²) in [5.74, 6) is 1.62. The van der Waals surface area contributed by atoms with Crippen molar-refractivity contribution >= 4 is 5.69 Å². The molecule has 0 saturated heterocycles. The van der Waals surface area contributed by atoms with E-state index in [1.807, 2.05) is 36.4 Å². The molecule has 0 spiro atoms. The Balaban J connectivity index is 2.10. The summed E-state index contributed by atoms with van der Waals surface area (Å²) in [7, 11) is 3.32. The van der Waals surface area contributed by atoms with E-state index in [9.17, 15) is 0 Å². The fraction of sp³-hybridized carbons (Fsp3) is 0.316. The van der Waals surface area contributed by atoms with Crippen LogP contribution in [0, 0.1) is 11.3 Å². The number of hydrogen-bond donors (Lipinski definition) is 0. The van der Waals surface area contributed by atoms with Crippen LogP contribution in [-0.4, -0.2) is 27.3 Å². The number of para-hydroxylation sites is 1. The van der Waals surface area contributed by atoms with Crippen molar-refractivity contribution in [2.75, 3.05) is 32.2 Å². The maximum absolute atomic E-state index is 8.88. The highest BCUT2D eigenvalue weighted by molar-refractivity contribution is 5.47. The van der Waals surface area contributed by atoms with Gasteiger partial charge in [-0.25, -0.2) is 0 Å². The number of nitriles is 1. The third-order valence-corrected chi connectivity index (χ3v) is 3.76. The third kappa shape index (κ3) is 4.65. The van der Waals surface area contributed by atoms with Crippen LogP contribution in [0.1, 0.15) is 12.0 Å². The van der Waals surface area contributed by atoms with Crippen LogP contribution in [0.3, 0.4) is 0 Å². The zero-order valence-electron chi connectivity index (χ0n) is 13.7. The van der Waals surface area contributed by atoms with Crippen molar-refractivity contribution in [1.82, 2.24) is 0 Å². The van der Waals surface area contributed by atoms with Gasteiger partial charge < -0.3 is 14.4 Å². The molecule has 2 aromatic carbocycles. The van der Waals surface area contributed by atoms with E-state index < -0.39 is 0 Å². The number of methoxy groups -OCH3 is 2. The SMILES string of the molecule is COc1ccc(CCN(CCC#N)c2ccccc2)c(OC)c1. The molecule has 0 aliphatic carbocycles. The normalized spacial score (nSPS) is 9.96. The molecule has 23 heavy (non-hydrogen) atoms. The van der Waals surface area contributed by atoms with Crippen LogP contribution < -0.4 is 14.4 Å². The van der Waals surface area contributed by atoms with Crippen LogP contribution in [0.4, 0.5) is 5.69 Å². The topological polar surface area (TPSA) is 45.5 Å². The summed E-state index contributed by atoms with van der Waals surface area (Å²) in [6.07, 6.45) is 1.35. The highest BCUT2D eigenvalue weighted by Gasteiger charge is 2.09. The van der Waals surface area contributed by atoms with Crippen LogP contribution in [0.25, 0.3) is 0 Å². The Labute approximate surface area is 137 Å². The zero-order chi connectivity index (χ0) is 16.5. The average molecular weight is 310 g/mol. The molecular weight excluding hydrogens is 288 g/mol. The second-order valence-electron chi connectivity index (χ2n) is 5.16. The second kappa shape index (κ2) is 8.70. The van der Waals surface area contributed by atoms with E-state index in [4.69, 9.17) is 14.7 Å². The van der Waals surface area contributed by atoms with Gasteiger partial charge in [-0.15, -0.1) is 0 Å². The Hall–Kier alpha value is -2.67. The Morgan fingerprint density at radius 2 is 1.78 bits per heavy atom. The van der Waals surface area contributed by atoms with Gasteiger partial charge in [0.05, 0.1) is 26.7 Å². The number of hydrogen-bond acceptors (Lipinski definition) is 4. The lowest BCUT2D eigenvalue weighted by atomic mass is 10.1. The summed E-state index contributed by atoms with van der Waals surface area (Å²) in [4.78, 5) is 2.23. The predicted octanol–water partition coefficient (Wildman–Crippen LogP) is 3.67. The molecule has 0 N–H and O–H groups in total. The van der Waals surface area contributed by atoms with Crippen LogP contribution in [-0.2, 0) is 6.42 Å². The largest absolute Gasteiger partial charge is 0.497 e. The van der Waals surface area contributed by atoms with Gasteiger partial charge >= 0.3 is 0 Å². The van der Waals surface area contributed by atoms with Crippen molar-refractivity contribution in [2.45, 2.75) is 12.8 Å². The molecule has 0 heterocycles. The lowest BCUT2D eigenvalue weighted by Gasteiger charge is -2.24. The minimum Gasteiger partial charge on any atom is -0.497 e. The zero-order valence-corrected chi connectivity index (χ0v) is 13.7. The summed E-state index contributed by atoms with van der Waals surface area (Å²) in [6.45, 7) is 1.55. The van der Waals surface area contributed by atoms with Crippen LogP contribution in [0.15, 0.2) is 48.5 Å². The molecule has 4 heteroatoms. The van der Waals surface area contributed by atoms with E-state index in [0.717, 1.165) is 42.3 Å². The molecule has 0 radical (unpaired) electrons. The molecule has 0 amide bonds. The summed E-state index contributed by atoms with van der Waals surface area (Å²) in [5.41, 5.74) is 2.27. The van der Waals surface area contributed by atoms with E-state index in [0.29, 0.717) is 6.42 Å². The molecule has 0 fully saturated rings. The Kier molecular flexibility index (Phi) is 6.31. The molecule has 0 unspecified atom stereocenters. The monoisotopic (exact) mass is 310 g/mol. The van der Waals surface area contributed by atoms with Crippen molar-refractivity contribution < 1.29 is 9.47 Å². The lowest BCUT2D eigenvalue weighted by molar-refractivity contribution is 0.391. The van der Waals surface area contributed by atoms with E-state index in [-0.39, 0.29) is 0 Å². The van der Waals surface area contributed by atoms with Gasteiger partial charge in [0.15, 0.2) is 0 Å². The number of rotatable bonds is 8. The standard InChI is InChI=1S/C19H22N2O2/c1-22-18-10-9-16(19(15-18)23-2)11-14-21(13-6-12-20)17-7-4-3-5-8-17/h3-5,7-10,15H,6,11,13-14H2,1-2H3. The van der Waals surface area contributed by atoms with Gasteiger partial charge in [0, 0.05) is 24.8 Å². The van der Waals surface area contributed by atoms with Crippen molar-refractivity contribution in [3.05, 3.63) is 54.1 Å². The molecule has 0 aliphatic heterocycles. The van der Waals surface area contributed by atoms with Gasteiger partial charge in [0.2, 0.25) is 0 Å². The van der Waals surface area contributed by atoms with Crippen molar-refractivity contribution in [3.63, 3.8) is 0 Å². The first-order valence-corrected chi connectivity index (χ1v) is 7.66. The van der Waals surface area contributed by atoms with E-state index in [1.165, 1.54) is 0 Å². The summed E-state index contributed by atoms with van der Waals surface area (Å²) in [6, 6.07) is 18.3. The fourth-order valence-electron chi connectivity index (χ4n) is 2.51. The molecule has 0 aromatic heterocycles. The van der Waals surface area contributed by atoms with Gasteiger partial charge in [-0.1, -0.05) is 24.3 Å². The molecule has 0 aliphatic rings. The Morgan fingerprint density at radius 1 is 1.00 bits per heavy atom. The van der Waals surface area contributed by atoms with Crippen molar-refractivity contribution in [2.24, 2.45) is 0 Å². The summed E-state index contributed by atoms with van der Waals surface area (Å²) >= 11 is 0. The Morgan fingerprint density at radius 3 is 2.43 bits per heavy atom. The minimum absolute atomic E-state index is 0.509. The first-order valence-electron chi connectivity index (χ1n) is 7.66. The first kappa shape index (κ1) is 16.7. The van der Waals surface area contributed by atoms with E-state index >= 15 is 0 Å². The lowest BCUT2D eigenvalue weighted by Crippen LogP contribution is -2.26. The third-order valence-electron chi connectivity index (χ3n) is 3.76. The Bertz CT molecular complexity index is 650. The maximum atomic E-state index is 8.88. The molecule has 2 rings (SSSR count). The fourth-order valence-corrected chi connectivity index (χ4v) is 2.51. The van der Waals surface area contributed by atoms with Crippen LogP contribution >= 0.6 is 0 Å². The van der Waals surface area contributed by atoms with Gasteiger partial charge in [-0.2, -0.15) is 5.26 Å². The summed E-state index contributed by atoms with van der Waals surface area (Å²) < 4.78 is 10.7. The smallest absolute Gasteiger partial charge is 0.125 e.